The van der Waals surface area contributed by atoms with Gasteiger partial charge in [-0.3, -0.25) is 0 Å². The van der Waals surface area contributed by atoms with Gasteiger partial charge >= 0.3 is 5.97 Å². The van der Waals surface area contributed by atoms with Crippen LogP contribution in [0.15, 0.2) is 0 Å². The summed E-state index contributed by atoms with van der Waals surface area (Å²) in [6, 6.07) is 0. The first-order valence-corrected chi connectivity index (χ1v) is 3.14. The molecule has 0 fully saturated rings. The summed E-state index contributed by atoms with van der Waals surface area (Å²) in [5, 5.41) is 16.8. The highest BCUT2D eigenvalue weighted by molar-refractivity contribution is 5.72. The molecule has 0 aromatic rings. The zero-order chi connectivity index (χ0) is 8.15. The highest BCUT2D eigenvalue weighted by Gasteiger charge is 2.24. The number of rotatable bonds is 4. The predicted molar refractivity (Wildman–Crippen MR) is 33.4 cm³/mol. The molecule has 0 saturated heterocycles. The van der Waals surface area contributed by atoms with Crippen molar-refractivity contribution < 1.29 is 19.4 Å². The molecule has 0 aliphatic heterocycles. The molecule has 2 unspecified atom stereocenters. The molecule has 0 aliphatic carbocycles. The molecule has 0 aromatic carbocycles. The third kappa shape index (κ3) is 2.77. The maximum Gasteiger partial charge on any atom is 0.341 e. The van der Waals surface area contributed by atoms with Crippen LogP contribution in [0.2, 0.25) is 0 Å². The minimum Gasteiger partial charge on any atom is -0.479 e. The molecule has 4 heteroatoms. The van der Waals surface area contributed by atoms with E-state index in [4.69, 9.17) is 10.2 Å². The first-order chi connectivity index (χ1) is 4.59. The molecule has 2 N–H and O–H groups in total. The largest absolute Gasteiger partial charge is 0.479 e. The van der Waals surface area contributed by atoms with Crippen molar-refractivity contribution in [3.8, 4) is 0 Å². The average Bonchev–Trinajstić information content (AvgIpc) is 1.87. The van der Waals surface area contributed by atoms with Gasteiger partial charge in [0.1, 0.15) is 0 Å². The average molecular weight is 150 g/mol. The van der Waals surface area contributed by atoms with Gasteiger partial charge in [0.25, 0.3) is 0 Å². The Balaban J connectivity index is 3.69. The van der Waals surface area contributed by atoms with Crippen molar-refractivity contribution in [2.24, 2.45) is 0 Å². The van der Waals surface area contributed by atoms with E-state index in [0.29, 0.717) is 6.42 Å². The highest BCUT2D eigenvalue weighted by Crippen LogP contribution is 2.05. The maximum atomic E-state index is 12.3. The monoisotopic (exact) mass is 150 g/mol. The number of hydrogen-bond donors (Lipinski definition) is 2. The van der Waals surface area contributed by atoms with Crippen LogP contribution in [0.5, 0.6) is 0 Å². The van der Waals surface area contributed by atoms with Gasteiger partial charge in [-0.1, -0.05) is 13.3 Å². The zero-order valence-corrected chi connectivity index (χ0v) is 5.75. The summed E-state index contributed by atoms with van der Waals surface area (Å²) in [5.41, 5.74) is 0. The van der Waals surface area contributed by atoms with Gasteiger partial charge in [0.05, 0.1) is 6.10 Å². The lowest BCUT2D eigenvalue weighted by Crippen LogP contribution is -2.29. The highest BCUT2D eigenvalue weighted by atomic mass is 19.1. The van der Waals surface area contributed by atoms with Crippen molar-refractivity contribution in [2.45, 2.75) is 32.0 Å². The summed E-state index contributed by atoms with van der Waals surface area (Å²) in [4.78, 5) is 9.88. The number of aliphatic hydroxyl groups excluding tert-OH is 1. The van der Waals surface area contributed by atoms with E-state index in [2.05, 4.69) is 0 Å². The van der Waals surface area contributed by atoms with Crippen LogP contribution in [0.4, 0.5) is 4.39 Å². The Morgan fingerprint density at radius 1 is 1.70 bits per heavy atom. The second kappa shape index (κ2) is 4.22. The molecule has 0 bridgehead atoms. The van der Waals surface area contributed by atoms with E-state index < -0.39 is 18.2 Å². The number of hydrogen-bond acceptors (Lipinski definition) is 2. The predicted octanol–water partition coefficient (Wildman–Crippen LogP) is 0.570. The van der Waals surface area contributed by atoms with Crippen LogP contribution in [0.25, 0.3) is 0 Å². The summed E-state index contributed by atoms with van der Waals surface area (Å²) in [7, 11) is 0. The first kappa shape index (κ1) is 9.36. The fourth-order valence-corrected chi connectivity index (χ4v) is 0.607. The van der Waals surface area contributed by atoms with Gasteiger partial charge in [-0.25, -0.2) is 9.18 Å². The van der Waals surface area contributed by atoms with Crippen molar-refractivity contribution in [1.82, 2.24) is 0 Å². The number of carbonyl (C=O) groups is 1. The van der Waals surface area contributed by atoms with Gasteiger partial charge in [0, 0.05) is 0 Å². The van der Waals surface area contributed by atoms with E-state index in [1.54, 1.807) is 6.92 Å². The minimum absolute atomic E-state index is 0.188. The number of aliphatic hydroxyl groups is 1. The number of carboxylic acids is 1. The van der Waals surface area contributed by atoms with Crippen LogP contribution in [-0.4, -0.2) is 28.5 Å². The van der Waals surface area contributed by atoms with Crippen molar-refractivity contribution in [3.63, 3.8) is 0 Å². The van der Waals surface area contributed by atoms with Crippen molar-refractivity contribution >= 4 is 5.97 Å². The normalized spacial score (nSPS) is 16.3. The van der Waals surface area contributed by atoms with Gasteiger partial charge in [-0.2, -0.15) is 0 Å². The number of carboxylic acid groups (broad SMARTS) is 1. The molecular weight excluding hydrogens is 139 g/mol. The van der Waals surface area contributed by atoms with E-state index in [1.165, 1.54) is 0 Å². The zero-order valence-electron chi connectivity index (χ0n) is 5.75. The van der Waals surface area contributed by atoms with E-state index in [0.717, 1.165) is 0 Å². The van der Waals surface area contributed by atoms with Crippen molar-refractivity contribution in [1.29, 1.82) is 0 Å². The van der Waals surface area contributed by atoms with Crippen LogP contribution < -0.4 is 0 Å². The Kier molecular flexibility index (Phi) is 3.95. The van der Waals surface area contributed by atoms with Crippen LogP contribution >= 0.6 is 0 Å². The maximum absolute atomic E-state index is 12.3. The summed E-state index contributed by atoms with van der Waals surface area (Å²) in [6.45, 7) is 1.75. The van der Waals surface area contributed by atoms with Gasteiger partial charge < -0.3 is 10.2 Å². The third-order valence-electron chi connectivity index (χ3n) is 1.16. The van der Waals surface area contributed by atoms with Crippen molar-refractivity contribution in [3.05, 3.63) is 0 Å². The van der Waals surface area contributed by atoms with Gasteiger partial charge in [-0.05, 0) is 6.42 Å². The van der Waals surface area contributed by atoms with Crippen molar-refractivity contribution in [2.75, 3.05) is 0 Å². The second-order valence-electron chi connectivity index (χ2n) is 2.10. The molecule has 0 aromatic heterocycles. The molecule has 0 amide bonds. The SMILES string of the molecule is CCCC(O)C(F)C(=O)O. The second-order valence-corrected chi connectivity index (χ2v) is 2.10. The molecule has 0 spiro atoms. The third-order valence-corrected chi connectivity index (χ3v) is 1.16. The fraction of sp³-hybridized carbons (Fsp3) is 0.833. The van der Waals surface area contributed by atoms with E-state index >= 15 is 0 Å². The number of aliphatic carboxylic acids is 1. The van der Waals surface area contributed by atoms with Gasteiger partial charge in [-0.15, -0.1) is 0 Å². The standard InChI is InChI=1S/C6H11FO3/c1-2-3-4(8)5(7)6(9)10/h4-5,8H,2-3H2,1H3,(H,9,10). The van der Waals surface area contributed by atoms with E-state index in [9.17, 15) is 9.18 Å². The molecule has 0 radical (unpaired) electrons. The number of alkyl halides is 1. The molecule has 10 heavy (non-hydrogen) atoms. The van der Waals surface area contributed by atoms with Crippen LogP contribution in [0.1, 0.15) is 19.8 Å². The molecule has 0 aliphatic rings. The Morgan fingerprint density at radius 3 is 2.50 bits per heavy atom. The topological polar surface area (TPSA) is 57.5 Å². The van der Waals surface area contributed by atoms with Crippen LogP contribution in [-0.2, 0) is 4.79 Å². The van der Waals surface area contributed by atoms with E-state index in [1.807, 2.05) is 0 Å². The van der Waals surface area contributed by atoms with E-state index in [-0.39, 0.29) is 6.42 Å². The Labute approximate surface area is 58.5 Å². The summed E-state index contributed by atoms with van der Waals surface area (Å²) < 4.78 is 12.3. The summed E-state index contributed by atoms with van der Waals surface area (Å²) in [6.07, 6.45) is -2.73. The van der Waals surface area contributed by atoms with Crippen LogP contribution in [0.3, 0.4) is 0 Å². The minimum atomic E-state index is -2.14. The fourth-order valence-electron chi connectivity index (χ4n) is 0.607. The first-order valence-electron chi connectivity index (χ1n) is 3.14. The Bertz CT molecular complexity index is 116. The summed E-state index contributed by atoms with van der Waals surface area (Å²) >= 11 is 0. The summed E-state index contributed by atoms with van der Waals surface area (Å²) in [5.74, 6) is -1.60. The molecule has 0 heterocycles. The number of halogens is 1. The molecule has 60 valence electrons. The molecule has 0 rings (SSSR count). The van der Waals surface area contributed by atoms with Crippen LogP contribution in [0, 0.1) is 0 Å². The lowest BCUT2D eigenvalue weighted by atomic mass is 10.1. The van der Waals surface area contributed by atoms with Gasteiger partial charge in [0.2, 0.25) is 6.17 Å². The lowest BCUT2D eigenvalue weighted by molar-refractivity contribution is -0.147. The molecule has 3 nitrogen and oxygen atoms in total. The lowest BCUT2D eigenvalue weighted by Gasteiger charge is -2.09. The molecule has 2 atom stereocenters. The molecule has 0 saturated carbocycles. The Hall–Kier alpha value is -0.640. The Morgan fingerprint density at radius 2 is 2.20 bits per heavy atom. The molecular formula is C6H11FO3. The quantitative estimate of drug-likeness (QED) is 0.616. The smallest absolute Gasteiger partial charge is 0.341 e. The van der Waals surface area contributed by atoms with Gasteiger partial charge in [0.15, 0.2) is 0 Å².